The van der Waals surface area contributed by atoms with E-state index in [0.717, 1.165) is 17.2 Å². The van der Waals surface area contributed by atoms with Crippen molar-refractivity contribution in [2.75, 3.05) is 6.54 Å². The van der Waals surface area contributed by atoms with Crippen LogP contribution in [0.25, 0.3) is 0 Å². The van der Waals surface area contributed by atoms with E-state index in [1.165, 1.54) is 13.0 Å². The Morgan fingerprint density at radius 1 is 1.17 bits per heavy atom. The number of aryl methyl sites for hydroxylation is 2. The smallest absolute Gasteiger partial charge is 0.220 e. The predicted molar refractivity (Wildman–Crippen MR) is 88.4 cm³/mol. The average Bonchev–Trinajstić information content (AvgIpc) is 2.52. The van der Waals surface area contributed by atoms with Crippen molar-refractivity contribution in [1.29, 1.82) is 0 Å². The topological polar surface area (TPSA) is 49.3 Å². The van der Waals surface area contributed by atoms with E-state index in [0.29, 0.717) is 12.5 Å². The average molecular weight is 333 g/mol. The number of rotatable bonds is 6. The molecule has 3 nitrogen and oxygen atoms in total. The lowest BCUT2D eigenvalue weighted by molar-refractivity contribution is -0.122. The molecule has 0 bridgehead atoms. The van der Waals surface area contributed by atoms with Crippen molar-refractivity contribution in [1.82, 2.24) is 5.32 Å². The highest BCUT2D eigenvalue weighted by molar-refractivity contribution is 5.76. The fourth-order valence-corrected chi connectivity index (χ4v) is 2.39. The molecule has 1 atom stereocenters. The van der Waals surface area contributed by atoms with E-state index >= 15 is 0 Å². The molecule has 2 aromatic rings. The summed E-state index contributed by atoms with van der Waals surface area (Å²) in [5.41, 5.74) is 0.535. The highest BCUT2D eigenvalue weighted by atomic mass is 19.1. The molecule has 2 N–H and O–H groups in total. The summed E-state index contributed by atoms with van der Waals surface area (Å²) in [6.07, 6.45) is 0.851. The van der Waals surface area contributed by atoms with Crippen molar-refractivity contribution in [3.63, 3.8) is 0 Å². The standard InChI is InChI=1S/C19H21F2NO2/c1-13-3-5-14(6-4-13)7-10-18(23)22-12-19(2,24)16-9-8-15(20)11-17(16)21/h3-6,8-9,11,24H,7,10,12H2,1-2H3,(H,22,23). The Morgan fingerprint density at radius 3 is 2.46 bits per heavy atom. The summed E-state index contributed by atoms with van der Waals surface area (Å²) in [7, 11) is 0. The lowest BCUT2D eigenvalue weighted by Gasteiger charge is -2.24. The molecule has 0 saturated carbocycles. The molecule has 1 unspecified atom stereocenters. The Hall–Kier alpha value is -2.27. The molecule has 128 valence electrons. The molecule has 5 heteroatoms. The van der Waals surface area contributed by atoms with Gasteiger partial charge < -0.3 is 10.4 Å². The number of hydrogen-bond donors (Lipinski definition) is 2. The van der Waals surface area contributed by atoms with Gasteiger partial charge in [-0.2, -0.15) is 0 Å². The normalized spacial score (nSPS) is 13.4. The van der Waals surface area contributed by atoms with Crippen LogP contribution in [0.3, 0.4) is 0 Å². The minimum absolute atomic E-state index is 0.0530. The van der Waals surface area contributed by atoms with E-state index in [1.807, 2.05) is 31.2 Å². The second-order valence-electron chi connectivity index (χ2n) is 6.16. The van der Waals surface area contributed by atoms with Gasteiger partial charge in [-0.05, 0) is 31.9 Å². The van der Waals surface area contributed by atoms with Crippen molar-refractivity contribution in [3.05, 3.63) is 70.8 Å². The Morgan fingerprint density at radius 2 is 1.83 bits per heavy atom. The summed E-state index contributed by atoms with van der Waals surface area (Å²) in [4.78, 5) is 11.9. The summed E-state index contributed by atoms with van der Waals surface area (Å²) in [5, 5.41) is 12.9. The van der Waals surface area contributed by atoms with E-state index in [9.17, 15) is 18.7 Å². The van der Waals surface area contributed by atoms with Crippen LogP contribution in [0, 0.1) is 18.6 Å². The van der Waals surface area contributed by atoms with E-state index in [1.54, 1.807) is 0 Å². The van der Waals surface area contributed by atoms with Crippen LogP contribution in [0.15, 0.2) is 42.5 Å². The van der Waals surface area contributed by atoms with Gasteiger partial charge in [0.25, 0.3) is 0 Å². The molecule has 0 heterocycles. The van der Waals surface area contributed by atoms with Crippen LogP contribution in [-0.4, -0.2) is 17.6 Å². The first kappa shape index (κ1) is 18.1. The highest BCUT2D eigenvalue weighted by Crippen LogP contribution is 2.23. The third-order valence-electron chi connectivity index (χ3n) is 3.90. The molecule has 0 aromatic heterocycles. The van der Waals surface area contributed by atoms with Gasteiger partial charge in [0.2, 0.25) is 5.91 Å². The molecule has 0 radical (unpaired) electrons. The lowest BCUT2D eigenvalue weighted by Crippen LogP contribution is -2.39. The summed E-state index contributed by atoms with van der Waals surface area (Å²) in [6.45, 7) is 3.22. The Bertz CT molecular complexity index is 712. The monoisotopic (exact) mass is 333 g/mol. The zero-order valence-corrected chi connectivity index (χ0v) is 13.8. The summed E-state index contributed by atoms with van der Waals surface area (Å²) in [5.74, 6) is -1.79. The molecule has 1 amide bonds. The van der Waals surface area contributed by atoms with Crippen molar-refractivity contribution >= 4 is 5.91 Å². The second-order valence-corrected chi connectivity index (χ2v) is 6.16. The number of aliphatic hydroxyl groups is 1. The van der Waals surface area contributed by atoms with E-state index in [4.69, 9.17) is 0 Å². The van der Waals surface area contributed by atoms with Crippen LogP contribution in [0.1, 0.15) is 30.0 Å². The molecule has 0 saturated heterocycles. The van der Waals surface area contributed by atoms with Crippen molar-refractivity contribution < 1.29 is 18.7 Å². The number of carbonyl (C=O) groups is 1. The molecule has 0 aliphatic rings. The molecular formula is C19H21F2NO2. The molecule has 0 aliphatic carbocycles. The number of nitrogens with one attached hydrogen (secondary N) is 1. The van der Waals surface area contributed by atoms with Crippen molar-refractivity contribution in [2.45, 2.75) is 32.3 Å². The fraction of sp³-hybridized carbons (Fsp3) is 0.316. The molecule has 24 heavy (non-hydrogen) atoms. The van der Waals surface area contributed by atoms with E-state index in [2.05, 4.69) is 5.32 Å². The van der Waals surface area contributed by atoms with Crippen LogP contribution in [-0.2, 0) is 16.8 Å². The Kier molecular flexibility index (Phi) is 5.67. The first-order valence-electron chi connectivity index (χ1n) is 7.78. The van der Waals surface area contributed by atoms with Crippen LogP contribution >= 0.6 is 0 Å². The SMILES string of the molecule is Cc1ccc(CCC(=O)NCC(C)(O)c2ccc(F)cc2F)cc1. The van der Waals surface area contributed by atoms with Gasteiger partial charge in [0.05, 0.1) is 6.54 Å². The molecule has 2 rings (SSSR count). The van der Waals surface area contributed by atoms with E-state index < -0.39 is 17.2 Å². The van der Waals surface area contributed by atoms with Crippen molar-refractivity contribution in [2.24, 2.45) is 0 Å². The zero-order chi connectivity index (χ0) is 17.7. The Balaban J connectivity index is 1.89. The second kappa shape index (κ2) is 7.53. The van der Waals surface area contributed by atoms with Gasteiger partial charge in [-0.15, -0.1) is 0 Å². The zero-order valence-electron chi connectivity index (χ0n) is 13.8. The number of benzene rings is 2. The van der Waals surface area contributed by atoms with E-state index in [-0.39, 0.29) is 24.4 Å². The lowest BCUT2D eigenvalue weighted by atomic mass is 9.95. The first-order chi connectivity index (χ1) is 11.3. The quantitative estimate of drug-likeness (QED) is 0.853. The third-order valence-corrected chi connectivity index (χ3v) is 3.90. The summed E-state index contributed by atoms with van der Waals surface area (Å²) in [6, 6.07) is 10.9. The van der Waals surface area contributed by atoms with Gasteiger partial charge in [0.1, 0.15) is 17.2 Å². The van der Waals surface area contributed by atoms with Gasteiger partial charge in [-0.3, -0.25) is 4.79 Å². The molecule has 0 aliphatic heterocycles. The van der Waals surface area contributed by atoms with Gasteiger partial charge in [-0.1, -0.05) is 35.9 Å². The maximum atomic E-state index is 13.8. The summed E-state index contributed by atoms with van der Waals surface area (Å²) < 4.78 is 26.7. The largest absolute Gasteiger partial charge is 0.383 e. The molecule has 2 aromatic carbocycles. The van der Waals surface area contributed by atoms with Crippen LogP contribution in [0.4, 0.5) is 8.78 Å². The number of amides is 1. The summed E-state index contributed by atoms with van der Waals surface area (Å²) >= 11 is 0. The van der Waals surface area contributed by atoms with Crippen LogP contribution in [0.5, 0.6) is 0 Å². The first-order valence-corrected chi connectivity index (χ1v) is 7.78. The molecule has 0 spiro atoms. The fourth-order valence-electron chi connectivity index (χ4n) is 2.39. The molecular weight excluding hydrogens is 312 g/mol. The maximum absolute atomic E-state index is 13.8. The number of carbonyl (C=O) groups excluding carboxylic acids is 1. The molecule has 0 fully saturated rings. The number of hydrogen-bond acceptors (Lipinski definition) is 2. The third kappa shape index (κ3) is 4.86. The van der Waals surface area contributed by atoms with Gasteiger partial charge in [-0.25, -0.2) is 8.78 Å². The van der Waals surface area contributed by atoms with Crippen LogP contribution < -0.4 is 5.32 Å². The van der Waals surface area contributed by atoms with Crippen molar-refractivity contribution in [3.8, 4) is 0 Å². The predicted octanol–water partition coefficient (Wildman–Crippen LogP) is 3.23. The Labute approximate surface area is 140 Å². The van der Waals surface area contributed by atoms with Gasteiger partial charge >= 0.3 is 0 Å². The van der Waals surface area contributed by atoms with Crippen LogP contribution in [0.2, 0.25) is 0 Å². The maximum Gasteiger partial charge on any atom is 0.220 e. The van der Waals surface area contributed by atoms with Gasteiger partial charge in [0, 0.05) is 18.1 Å². The highest BCUT2D eigenvalue weighted by Gasteiger charge is 2.27. The minimum atomic E-state index is -1.61. The van der Waals surface area contributed by atoms with Gasteiger partial charge in [0.15, 0.2) is 0 Å². The number of halogens is 2. The minimum Gasteiger partial charge on any atom is -0.383 e.